The van der Waals surface area contributed by atoms with Gasteiger partial charge in [0.05, 0.1) is 5.56 Å². The molecule has 1 fully saturated rings. The van der Waals surface area contributed by atoms with E-state index in [0.717, 1.165) is 17.4 Å². The molecule has 1 aromatic carbocycles. The number of carbonyl (C=O) groups is 1. The summed E-state index contributed by atoms with van der Waals surface area (Å²) >= 11 is 3.33. The number of aromatic hydroxyl groups is 1. The van der Waals surface area contributed by atoms with Crippen molar-refractivity contribution in [2.45, 2.75) is 25.8 Å². The zero-order chi connectivity index (χ0) is 13.8. The Hall–Kier alpha value is -1.07. The molecule has 0 bridgehead atoms. The first-order chi connectivity index (χ1) is 9.11. The lowest BCUT2D eigenvalue weighted by Gasteiger charge is -2.25. The van der Waals surface area contributed by atoms with Gasteiger partial charge in [-0.25, -0.2) is 0 Å². The number of halogens is 1. The van der Waals surface area contributed by atoms with Crippen LogP contribution in [-0.2, 0) is 0 Å². The second-order valence-corrected chi connectivity index (χ2v) is 5.71. The van der Waals surface area contributed by atoms with Crippen LogP contribution in [0, 0.1) is 0 Å². The monoisotopic (exact) mass is 326 g/mol. The van der Waals surface area contributed by atoms with Gasteiger partial charge in [0.2, 0.25) is 0 Å². The molecule has 0 aliphatic carbocycles. The summed E-state index contributed by atoms with van der Waals surface area (Å²) < 4.78 is 0.795. The maximum Gasteiger partial charge on any atom is 0.257 e. The van der Waals surface area contributed by atoms with Crippen molar-refractivity contribution in [3.05, 3.63) is 28.2 Å². The predicted molar refractivity (Wildman–Crippen MR) is 78.4 cm³/mol. The van der Waals surface area contributed by atoms with Gasteiger partial charge in [-0.15, -0.1) is 0 Å². The molecule has 104 valence electrons. The number of carbonyl (C=O) groups excluding carboxylic acids is 1. The Kier molecular flexibility index (Phi) is 4.82. The lowest BCUT2D eigenvalue weighted by Crippen LogP contribution is -2.41. The summed E-state index contributed by atoms with van der Waals surface area (Å²) in [6.45, 7) is 4.32. The minimum absolute atomic E-state index is 0.0334. The van der Waals surface area contributed by atoms with Crippen molar-refractivity contribution in [3.63, 3.8) is 0 Å². The molecule has 1 aliphatic rings. The van der Waals surface area contributed by atoms with Crippen molar-refractivity contribution in [1.29, 1.82) is 0 Å². The summed E-state index contributed by atoms with van der Waals surface area (Å²) in [5.41, 5.74) is 0.356. The van der Waals surface area contributed by atoms with Gasteiger partial charge < -0.3 is 15.3 Å². The zero-order valence-corrected chi connectivity index (χ0v) is 12.6. The topological polar surface area (TPSA) is 52.6 Å². The van der Waals surface area contributed by atoms with Crippen LogP contribution in [0.2, 0.25) is 0 Å². The number of hydrogen-bond acceptors (Lipinski definition) is 3. The molecule has 1 saturated heterocycles. The molecule has 0 saturated carbocycles. The molecule has 0 radical (unpaired) electrons. The van der Waals surface area contributed by atoms with E-state index in [-0.39, 0.29) is 11.7 Å². The van der Waals surface area contributed by atoms with Crippen LogP contribution in [0.5, 0.6) is 5.75 Å². The minimum Gasteiger partial charge on any atom is -0.507 e. The third kappa shape index (κ3) is 3.48. The molecule has 4 nitrogen and oxygen atoms in total. The fraction of sp³-hybridized carbons (Fsp3) is 0.500. The van der Waals surface area contributed by atoms with E-state index in [9.17, 15) is 9.90 Å². The summed E-state index contributed by atoms with van der Waals surface area (Å²) in [5.74, 6) is -0.0824. The number of likely N-dealkylation sites (N-methyl/N-ethyl adjacent to an activating group) is 1. The third-order valence-electron chi connectivity index (χ3n) is 3.46. The quantitative estimate of drug-likeness (QED) is 0.893. The smallest absolute Gasteiger partial charge is 0.257 e. The molecule has 1 unspecified atom stereocenters. The molecule has 1 aromatic rings. The third-order valence-corrected chi connectivity index (χ3v) is 3.95. The van der Waals surface area contributed by atoms with Crippen molar-refractivity contribution in [1.82, 2.24) is 10.2 Å². The predicted octanol–water partition coefficient (Wildman–Crippen LogP) is 2.37. The van der Waals surface area contributed by atoms with Crippen LogP contribution in [0.15, 0.2) is 22.7 Å². The largest absolute Gasteiger partial charge is 0.507 e. The second kappa shape index (κ2) is 6.39. The fourth-order valence-electron chi connectivity index (χ4n) is 2.38. The summed E-state index contributed by atoms with van der Waals surface area (Å²) in [7, 11) is 0. The molecule has 0 aromatic heterocycles. The number of rotatable bonds is 4. The number of hydrogen-bond donors (Lipinski definition) is 2. The van der Waals surface area contributed by atoms with Crippen LogP contribution in [-0.4, -0.2) is 41.6 Å². The van der Waals surface area contributed by atoms with E-state index in [0.29, 0.717) is 24.7 Å². The van der Waals surface area contributed by atoms with Crippen LogP contribution in [0.4, 0.5) is 0 Å². The summed E-state index contributed by atoms with van der Waals surface area (Å²) in [5, 5.41) is 13.2. The van der Waals surface area contributed by atoms with E-state index < -0.39 is 0 Å². The van der Waals surface area contributed by atoms with Gasteiger partial charge in [0.15, 0.2) is 0 Å². The number of phenolic OH excluding ortho intramolecular Hbond substituents is 1. The van der Waals surface area contributed by atoms with Gasteiger partial charge in [-0.3, -0.25) is 4.79 Å². The van der Waals surface area contributed by atoms with Crippen molar-refractivity contribution in [3.8, 4) is 5.75 Å². The van der Waals surface area contributed by atoms with Gasteiger partial charge in [0.1, 0.15) is 5.75 Å². The second-order valence-electron chi connectivity index (χ2n) is 4.80. The van der Waals surface area contributed by atoms with Gasteiger partial charge >= 0.3 is 0 Å². The number of benzene rings is 1. The molecule has 1 heterocycles. The average Bonchev–Trinajstić information content (AvgIpc) is 2.91. The normalized spacial score (nSPS) is 18.5. The van der Waals surface area contributed by atoms with Crippen LogP contribution < -0.4 is 5.32 Å². The Balaban J connectivity index is 2.12. The van der Waals surface area contributed by atoms with Crippen LogP contribution in [0.25, 0.3) is 0 Å². The first-order valence-corrected chi connectivity index (χ1v) is 7.42. The van der Waals surface area contributed by atoms with Crippen molar-refractivity contribution < 1.29 is 9.90 Å². The zero-order valence-electron chi connectivity index (χ0n) is 11.0. The van der Waals surface area contributed by atoms with Gasteiger partial charge in [-0.05, 0) is 44.5 Å². The molecule has 1 amide bonds. The Morgan fingerprint density at radius 3 is 3.00 bits per heavy atom. The van der Waals surface area contributed by atoms with E-state index in [2.05, 4.69) is 21.2 Å². The van der Waals surface area contributed by atoms with Gasteiger partial charge in [0.25, 0.3) is 5.91 Å². The van der Waals surface area contributed by atoms with Crippen LogP contribution in [0.3, 0.4) is 0 Å². The molecular weight excluding hydrogens is 308 g/mol. The molecular formula is C14H19BrN2O2. The molecule has 2 rings (SSSR count). The van der Waals surface area contributed by atoms with Gasteiger partial charge in [-0.1, -0.05) is 15.9 Å². The number of amides is 1. The number of nitrogens with one attached hydrogen (secondary N) is 1. The van der Waals surface area contributed by atoms with E-state index in [4.69, 9.17) is 0 Å². The van der Waals surface area contributed by atoms with Crippen molar-refractivity contribution in [2.75, 3.05) is 19.6 Å². The lowest BCUT2D eigenvalue weighted by molar-refractivity contribution is 0.0748. The molecule has 1 atom stereocenters. The summed E-state index contributed by atoms with van der Waals surface area (Å²) in [6.07, 6.45) is 2.27. The maximum absolute atomic E-state index is 12.5. The van der Waals surface area contributed by atoms with E-state index in [1.54, 1.807) is 23.1 Å². The summed E-state index contributed by atoms with van der Waals surface area (Å²) in [6, 6.07) is 5.31. The highest BCUT2D eigenvalue weighted by Crippen LogP contribution is 2.23. The lowest BCUT2D eigenvalue weighted by atomic mass is 10.1. The van der Waals surface area contributed by atoms with Gasteiger partial charge in [-0.2, -0.15) is 0 Å². The van der Waals surface area contributed by atoms with E-state index in [1.165, 1.54) is 6.42 Å². The summed E-state index contributed by atoms with van der Waals surface area (Å²) in [4.78, 5) is 14.2. The van der Waals surface area contributed by atoms with E-state index >= 15 is 0 Å². The van der Waals surface area contributed by atoms with Crippen LogP contribution >= 0.6 is 15.9 Å². The van der Waals surface area contributed by atoms with Crippen molar-refractivity contribution in [2.24, 2.45) is 0 Å². The van der Waals surface area contributed by atoms with E-state index in [1.807, 2.05) is 6.92 Å². The Labute approximate surface area is 121 Å². The Morgan fingerprint density at radius 2 is 2.37 bits per heavy atom. The number of nitrogens with zero attached hydrogens (tertiary/aromatic N) is 1. The minimum atomic E-state index is -0.116. The van der Waals surface area contributed by atoms with Crippen LogP contribution in [0.1, 0.15) is 30.1 Å². The molecule has 2 N–H and O–H groups in total. The Bertz CT molecular complexity index is 459. The fourth-order valence-corrected chi connectivity index (χ4v) is 2.75. The molecule has 19 heavy (non-hydrogen) atoms. The molecule has 5 heteroatoms. The highest BCUT2D eigenvalue weighted by atomic mass is 79.9. The molecule has 0 spiro atoms. The standard InChI is InChI=1S/C14H19BrN2O2/c1-2-17(9-11-4-3-7-16-11)14(19)12-8-10(15)5-6-13(12)18/h5-6,8,11,16,18H,2-4,7,9H2,1H3. The highest BCUT2D eigenvalue weighted by Gasteiger charge is 2.23. The van der Waals surface area contributed by atoms with Crippen molar-refractivity contribution >= 4 is 21.8 Å². The molecule has 1 aliphatic heterocycles. The Morgan fingerprint density at radius 1 is 1.58 bits per heavy atom. The van der Waals surface area contributed by atoms with Gasteiger partial charge in [0, 0.05) is 23.6 Å². The highest BCUT2D eigenvalue weighted by molar-refractivity contribution is 9.10. The first kappa shape index (κ1) is 14.3. The average molecular weight is 327 g/mol. The maximum atomic E-state index is 12.5. The first-order valence-electron chi connectivity index (χ1n) is 6.63. The SMILES string of the molecule is CCN(CC1CCCN1)C(=O)c1cc(Br)ccc1O. The number of phenols is 1.